The van der Waals surface area contributed by atoms with Gasteiger partial charge in [-0.05, 0) is 30.7 Å². The molecule has 1 amide bonds. The Hall–Kier alpha value is -1.10. The lowest BCUT2D eigenvalue weighted by atomic mass is 9.96. The lowest BCUT2D eigenvalue weighted by molar-refractivity contribution is -0.119. The van der Waals surface area contributed by atoms with Crippen LogP contribution in [0.1, 0.15) is 31.9 Å². The third kappa shape index (κ3) is 4.49. The van der Waals surface area contributed by atoms with E-state index in [9.17, 15) is 4.79 Å². The molecule has 0 aliphatic rings. The molecule has 0 fully saturated rings. The molecule has 0 radical (unpaired) electrons. The minimum atomic E-state index is -0.343. The highest BCUT2D eigenvalue weighted by Gasteiger charge is 2.25. The number of benzene rings is 1. The first-order valence-electron chi connectivity index (χ1n) is 6.53. The molecule has 0 heterocycles. The van der Waals surface area contributed by atoms with Crippen LogP contribution >= 0.6 is 11.6 Å². The van der Waals surface area contributed by atoms with E-state index in [-0.39, 0.29) is 24.5 Å². The molecule has 1 aromatic carbocycles. The third-order valence-electron chi connectivity index (χ3n) is 3.25. The van der Waals surface area contributed by atoms with Crippen LogP contribution in [0.5, 0.6) is 0 Å². The number of primary amides is 1. The molecule has 4 nitrogen and oxygen atoms in total. The Bertz CT molecular complexity index is 408. The molecule has 2 atom stereocenters. The van der Waals surface area contributed by atoms with Gasteiger partial charge < -0.3 is 11.5 Å². The SMILES string of the molecule is CCC(N)C(c1ccc(Cl)cc1)N(CC)CC(N)=O. The summed E-state index contributed by atoms with van der Waals surface area (Å²) in [6, 6.07) is 7.49. The second-order valence-electron chi connectivity index (χ2n) is 4.60. The summed E-state index contributed by atoms with van der Waals surface area (Å²) in [5, 5.41) is 0.686. The predicted octanol–water partition coefficient (Wildman–Crippen LogP) is 1.93. The molecular weight excluding hydrogens is 262 g/mol. The number of rotatable bonds is 7. The molecule has 1 rings (SSSR count). The molecule has 0 aliphatic heterocycles. The molecule has 0 spiro atoms. The standard InChI is InChI=1S/C14H22ClN3O/c1-3-12(16)14(18(4-2)9-13(17)19)10-5-7-11(15)8-6-10/h5-8,12,14H,3-4,9,16H2,1-2H3,(H2,17,19). The van der Waals surface area contributed by atoms with Gasteiger partial charge in [0.05, 0.1) is 12.6 Å². The summed E-state index contributed by atoms with van der Waals surface area (Å²) in [6.07, 6.45) is 0.822. The van der Waals surface area contributed by atoms with E-state index in [0.717, 1.165) is 12.0 Å². The normalized spacial score (nSPS) is 14.4. The van der Waals surface area contributed by atoms with E-state index >= 15 is 0 Å². The number of nitrogens with two attached hydrogens (primary N) is 2. The van der Waals surface area contributed by atoms with Crippen LogP contribution in [0.2, 0.25) is 5.02 Å². The Morgan fingerprint density at radius 2 is 1.89 bits per heavy atom. The van der Waals surface area contributed by atoms with Crippen LogP contribution < -0.4 is 11.5 Å². The molecule has 0 aromatic heterocycles. The van der Waals surface area contributed by atoms with Crippen LogP contribution in [0, 0.1) is 0 Å². The van der Waals surface area contributed by atoms with Crippen LogP contribution in [-0.2, 0) is 4.79 Å². The Labute approximate surface area is 119 Å². The summed E-state index contributed by atoms with van der Waals surface area (Å²) in [4.78, 5) is 13.2. The highest BCUT2D eigenvalue weighted by Crippen LogP contribution is 2.26. The Balaban J connectivity index is 3.05. The smallest absolute Gasteiger partial charge is 0.231 e. The molecule has 5 heteroatoms. The molecule has 106 valence electrons. The highest BCUT2D eigenvalue weighted by molar-refractivity contribution is 6.30. The van der Waals surface area contributed by atoms with Crippen molar-refractivity contribution in [3.8, 4) is 0 Å². The van der Waals surface area contributed by atoms with Gasteiger partial charge in [0, 0.05) is 11.1 Å². The number of halogens is 1. The quantitative estimate of drug-likeness (QED) is 0.803. The molecule has 1 aromatic rings. The fourth-order valence-corrected chi connectivity index (χ4v) is 2.35. The molecule has 0 aliphatic carbocycles. The van der Waals surface area contributed by atoms with Crippen molar-refractivity contribution < 1.29 is 4.79 Å². The summed E-state index contributed by atoms with van der Waals surface area (Å²) >= 11 is 5.91. The van der Waals surface area contributed by atoms with Gasteiger partial charge in [-0.25, -0.2) is 0 Å². The average molecular weight is 284 g/mol. The fourth-order valence-electron chi connectivity index (χ4n) is 2.22. The number of carbonyl (C=O) groups is 1. The average Bonchev–Trinajstić information content (AvgIpc) is 2.39. The molecule has 0 saturated heterocycles. The molecule has 4 N–H and O–H groups in total. The van der Waals surface area contributed by atoms with Crippen molar-refractivity contribution in [1.29, 1.82) is 0 Å². The van der Waals surface area contributed by atoms with Crippen molar-refractivity contribution in [2.24, 2.45) is 11.5 Å². The van der Waals surface area contributed by atoms with Gasteiger partial charge in [0.25, 0.3) is 0 Å². The van der Waals surface area contributed by atoms with Gasteiger partial charge in [-0.3, -0.25) is 9.69 Å². The maximum absolute atomic E-state index is 11.2. The van der Waals surface area contributed by atoms with Crippen LogP contribution in [0.3, 0.4) is 0 Å². The van der Waals surface area contributed by atoms with Crippen molar-refractivity contribution in [1.82, 2.24) is 4.90 Å². The van der Waals surface area contributed by atoms with Crippen LogP contribution in [0.25, 0.3) is 0 Å². The van der Waals surface area contributed by atoms with Gasteiger partial charge in [0.2, 0.25) is 5.91 Å². The summed E-state index contributed by atoms with van der Waals surface area (Å²) in [6.45, 7) is 4.95. The first-order chi connectivity index (χ1) is 8.99. The number of nitrogens with zero attached hydrogens (tertiary/aromatic N) is 1. The largest absolute Gasteiger partial charge is 0.369 e. The highest BCUT2D eigenvalue weighted by atomic mass is 35.5. The zero-order valence-corrected chi connectivity index (χ0v) is 12.2. The van der Waals surface area contributed by atoms with E-state index in [1.165, 1.54) is 0 Å². The summed E-state index contributed by atoms with van der Waals surface area (Å²) in [5.74, 6) is -0.343. The lowest BCUT2D eigenvalue weighted by Crippen LogP contribution is -2.44. The monoisotopic (exact) mass is 283 g/mol. The summed E-state index contributed by atoms with van der Waals surface area (Å²) in [5.41, 5.74) is 12.6. The van der Waals surface area contributed by atoms with Crippen molar-refractivity contribution in [3.05, 3.63) is 34.9 Å². The minimum Gasteiger partial charge on any atom is -0.369 e. The maximum Gasteiger partial charge on any atom is 0.231 e. The van der Waals surface area contributed by atoms with Crippen molar-refractivity contribution in [3.63, 3.8) is 0 Å². The van der Waals surface area contributed by atoms with Crippen molar-refractivity contribution >= 4 is 17.5 Å². The van der Waals surface area contributed by atoms with E-state index < -0.39 is 0 Å². The molecule has 0 bridgehead atoms. The fraction of sp³-hybridized carbons (Fsp3) is 0.500. The molecular formula is C14H22ClN3O. The molecule has 0 saturated carbocycles. The first kappa shape index (κ1) is 16.0. The topological polar surface area (TPSA) is 72.3 Å². The van der Waals surface area contributed by atoms with Gasteiger partial charge >= 0.3 is 0 Å². The Kier molecular flexibility index (Phi) is 6.28. The zero-order valence-electron chi connectivity index (χ0n) is 11.5. The molecule has 2 unspecified atom stereocenters. The number of likely N-dealkylation sites (N-methyl/N-ethyl adjacent to an activating group) is 1. The Morgan fingerprint density at radius 1 is 1.32 bits per heavy atom. The van der Waals surface area contributed by atoms with Gasteiger partial charge in [-0.2, -0.15) is 0 Å². The minimum absolute atomic E-state index is 0.0280. The lowest BCUT2D eigenvalue weighted by Gasteiger charge is -2.34. The van der Waals surface area contributed by atoms with E-state index in [2.05, 4.69) is 0 Å². The second-order valence-corrected chi connectivity index (χ2v) is 5.03. The van der Waals surface area contributed by atoms with E-state index in [1.807, 2.05) is 43.0 Å². The first-order valence-corrected chi connectivity index (χ1v) is 6.90. The second kappa shape index (κ2) is 7.48. The van der Waals surface area contributed by atoms with Crippen LogP contribution in [-0.4, -0.2) is 29.9 Å². The van der Waals surface area contributed by atoms with Crippen LogP contribution in [0.4, 0.5) is 0 Å². The van der Waals surface area contributed by atoms with Gasteiger partial charge in [-0.15, -0.1) is 0 Å². The number of carbonyl (C=O) groups excluding carboxylic acids is 1. The van der Waals surface area contributed by atoms with Gasteiger partial charge in [0.1, 0.15) is 0 Å². The maximum atomic E-state index is 11.2. The zero-order chi connectivity index (χ0) is 14.4. The van der Waals surface area contributed by atoms with Crippen molar-refractivity contribution in [2.45, 2.75) is 32.4 Å². The van der Waals surface area contributed by atoms with Crippen LogP contribution in [0.15, 0.2) is 24.3 Å². The number of hydrogen-bond acceptors (Lipinski definition) is 3. The Morgan fingerprint density at radius 3 is 2.32 bits per heavy atom. The van der Waals surface area contributed by atoms with E-state index in [4.69, 9.17) is 23.1 Å². The predicted molar refractivity (Wildman–Crippen MR) is 78.9 cm³/mol. The summed E-state index contributed by atoms with van der Waals surface area (Å²) < 4.78 is 0. The molecule has 19 heavy (non-hydrogen) atoms. The third-order valence-corrected chi connectivity index (χ3v) is 3.50. The number of amides is 1. The van der Waals surface area contributed by atoms with Gasteiger partial charge in [0.15, 0.2) is 0 Å². The van der Waals surface area contributed by atoms with Crippen molar-refractivity contribution in [2.75, 3.05) is 13.1 Å². The van der Waals surface area contributed by atoms with E-state index in [0.29, 0.717) is 11.6 Å². The van der Waals surface area contributed by atoms with E-state index in [1.54, 1.807) is 0 Å². The van der Waals surface area contributed by atoms with Gasteiger partial charge in [-0.1, -0.05) is 37.6 Å². The summed E-state index contributed by atoms with van der Waals surface area (Å²) in [7, 11) is 0. The number of hydrogen-bond donors (Lipinski definition) is 2.